The lowest BCUT2D eigenvalue weighted by atomic mass is 10.2. The van der Waals surface area contributed by atoms with Gasteiger partial charge in [0, 0.05) is 15.1 Å². The number of fused-ring (bicyclic) bond motifs is 1. The first kappa shape index (κ1) is 19.4. The topological polar surface area (TPSA) is 71.8 Å². The maximum atomic E-state index is 12.6. The average Bonchev–Trinajstić information content (AvgIpc) is 3.09. The summed E-state index contributed by atoms with van der Waals surface area (Å²) in [6.45, 7) is 3.80. The number of benzene rings is 1. The fraction of sp³-hybridized carbons (Fsp3) is 0.200. The second-order valence-corrected chi connectivity index (χ2v) is 8.58. The molecule has 0 atom stereocenters. The first-order valence-corrected chi connectivity index (χ1v) is 10.4. The van der Waals surface area contributed by atoms with Gasteiger partial charge in [-0.15, -0.1) is 21.5 Å². The SMILES string of the molecule is CCSc1nnc(C)n1NC(=S)NC(=O)c1sc2cc(Cl)ccc2c1Cl. The maximum absolute atomic E-state index is 12.6. The molecule has 1 amide bonds. The normalized spacial score (nSPS) is 10.9. The molecule has 11 heteroatoms. The number of thiophene rings is 1. The van der Waals surface area contributed by atoms with E-state index >= 15 is 0 Å². The van der Waals surface area contributed by atoms with Gasteiger partial charge in [-0.3, -0.25) is 15.5 Å². The Morgan fingerprint density at radius 2 is 2.15 bits per heavy atom. The third-order valence-corrected chi connectivity index (χ3v) is 6.20. The fourth-order valence-electron chi connectivity index (χ4n) is 2.17. The average molecular weight is 446 g/mol. The lowest BCUT2D eigenvalue weighted by molar-refractivity contribution is 0.0981. The number of thiocarbonyl (C=S) groups is 1. The zero-order valence-electron chi connectivity index (χ0n) is 13.7. The maximum Gasteiger partial charge on any atom is 0.269 e. The number of rotatable bonds is 4. The molecule has 0 aliphatic rings. The lowest BCUT2D eigenvalue weighted by Gasteiger charge is -2.12. The number of amides is 1. The second kappa shape index (κ2) is 8.10. The van der Waals surface area contributed by atoms with E-state index in [0.717, 1.165) is 15.8 Å². The van der Waals surface area contributed by atoms with E-state index in [0.29, 0.717) is 25.9 Å². The van der Waals surface area contributed by atoms with Gasteiger partial charge in [-0.1, -0.05) is 48.0 Å². The van der Waals surface area contributed by atoms with Gasteiger partial charge >= 0.3 is 0 Å². The highest BCUT2D eigenvalue weighted by molar-refractivity contribution is 7.99. The minimum Gasteiger partial charge on any atom is -0.297 e. The first-order chi connectivity index (χ1) is 12.4. The van der Waals surface area contributed by atoms with Gasteiger partial charge in [-0.2, -0.15) is 0 Å². The van der Waals surface area contributed by atoms with E-state index < -0.39 is 0 Å². The molecule has 2 aromatic heterocycles. The Kier molecular flexibility index (Phi) is 6.03. The van der Waals surface area contributed by atoms with Crippen LogP contribution >= 0.6 is 58.5 Å². The predicted octanol–water partition coefficient (Wildman–Crippen LogP) is 4.48. The van der Waals surface area contributed by atoms with Crippen molar-refractivity contribution in [2.45, 2.75) is 19.0 Å². The van der Waals surface area contributed by atoms with Gasteiger partial charge in [-0.05, 0) is 37.0 Å². The van der Waals surface area contributed by atoms with Crippen molar-refractivity contribution in [3.05, 3.63) is 38.9 Å². The van der Waals surface area contributed by atoms with E-state index in [-0.39, 0.29) is 11.0 Å². The van der Waals surface area contributed by atoms with Crippen LogP contribution in [0.2, 0.25) is 10.0 Å². The molecule has 2 heterocycles. The van der Waals surface area contributed by atoms with Crippen molar-refractivity contribution in [3.8, 4) is 0 Å². The number of hydrogen-bond donors (Lipinski definition) is 2. The van der Waals surface area contributed by atoms with Gasteiger partial charge < -0.3 is 0 Å². The Morgan fingerprint density at radius 3 is 2.88 bits per heavy atom. The van der Waals surface area contributed by atoms with Crippen molar-refractivity contribution in [3.63, 3.8) is 0 Å². The molecule has 0 saturated heterocycles. The standard InChI is InChI=1S/C15H13Cl2N5OS3/c1-3-25-15-20-19-7(2)22(15)21-14(24)18-13(23)12-11(17)9-5-4-8(16)6-10(9)26-12/h4-6H,3H2,1-2H3,(H2,18,21,23,24). The number of carbonyl (C=O) groups is 1. The quantitative estimate of drug-likeness (QED) is 0.455. The molecule has 0 spiro atoms. The molecule has 6 nitrogen and oxygen atoms in total. The predicted molar refractivity (Wildman–Crippen MR) is 112 cm³/mol. The van der Waals surface area contributed by atoms with Crippen molar-refractivity contribution in [2.24, 2.45) is 0 Å². The summed E-state index contributed by atoms with van der Waals surface area (Å²) >= 11 is 20.3. The summed E-state index contributed by atoms with van der Waals surface area (Å²) < 4.78 is 2.46. The molecule has 3 rings (SSSR count). The Balaban J connectivity index is 1.77. The molecule has 1 aromatic carbocycles. The summed E-state index contributed by atoms with van der Waals surface area (Å²) in [4.78, 5) is 12.9. The minimum absolute atomic E-state index is 0.127. The van der Waals surface area contributed by atoms with E-state index in [1.807, 2.05) is 6.92 Å². The highest BCUT2D eigenvalue weighted by Crippen LogP contribution is 2.36. The molecule has 26 heavy (non-hydrogen) atoms. The van der Waals surface area contributed by atoms with E-state index in [4.69, 9.17) is 35.4 Å². The molecular weight excluding hydrogens is 433 g/mol. The van der Waals surface area contributed by atoms with E-state index in [9.17, 15) is 4.79 Å². The summed E-state index contributed by atoms with van der Waals surface area (Å²) in [5, 5.41) is 13.2. The Bertz CT molecular complexity index is 1000. The molecule has 0 bridgehead atoms. The molecule has 3 aromatic rings. The number of nitrogens with zero attached hydrogens (tertiary/aromatic N) is 3. The van der Waals surface area contributed by atoms with E-state index in [2.05, 4.69) is 20.9 Å². The number of aromatic nitrogens is 3. The molecule has 2 N–H and O–H groups in total. The zero-order chi connectivity index (χ0) is 18.8. The number of thioether (sulfide) groups is 1. The number of nitrogens with one attached hydrogen (secondary N) is 2. The van der Waals surface area contributed by atoms with Crippen LogP contribution in [0.4, 0.5) is 0 Å². The van der Waals surface area contributed by atoms with Crippen molar-refractivity contribution in [2.75, 3.05) is 11.2 Å². The van der Waals surface area contributed by atoms with Crippen LogP contribution < -0.4 is 10.7 Å². The van der Waals surface area contributed by atoms with Crippen LogP contribution in [-0.2, 0) is 0 Å². The van der Waals surface area contributed by atoms with Crippen molar-refractivity contribution in [1.82, 2.24) is 20.2 Å². The lowest BCUT2D eigenvalue weighted by Crippen LogP contribution is -2.38. The third kappa shape index (κ3) is 3.96. The van der Waals surface area contributed by atoms with Crippen molar-refractivity contribution >= 4 is 79.6 Å². The number of halogens is 2. The highest BCUT2D eigenvalue weighted by Gasteiger charge is 2.19. The first-order valence-electron chi connectivity index (χ1n) is 7.45. The van der Waals surface area contributed by atoms with Crippen molar-refractivity contribution in [1.29, 1.82) is 0 Å². The fourth-order valence-corrected chi connectivity index (χ4v) is 4.70. The number of hydrogen-bond acceptors (Lipinski definition) is 6. The van der Waals surface area contributed by atoms with Crippen molar-refractivity contribution < 1.29 is 4.79 Å². The second-order valence-electron chi connectivity index (χ2n) is 5.08. The molecular formula is C15H13Cl2N5OS3. The molecule has 0 aliphatic heterocycles. The van der Waals surface area contributed by atoms with Gasteiger partial charge in [-0.25, -0.2) is 4.68 Å². The van der Waals surface area contributed by atoms with E-state index in [1.54, 1.807) is 29.8 Å². The minimum atomic E-state index is -0.389. The summed E-state index contributed by atoms with van der Waals surface area (Å²) in [6.07, 6.45) is 0. The Morgan fingerprint density at radius 1 is 1.38 bits per heavy atom. The van der Waals surface area contributed by atoms with Crippen LogP contribution in [0.3, 0.4) is 0 Å². The highest BCUT2D eigenvalue weighted by atomic mass is 35.5. The Labute approximate surface area is 173 Å². The van der Waals surface area contributed by atoms with Gasteiger partial charge in [0.1, 0.15) is 10.7 Å². The largest absolute Gasteiger partial charge is 0.297 e. The number of aryl methyl sites for hydroxylation is 1. The van der Waals surface area contributed by atoms with Gasteiger partial charge in [0.15, 0.2) is 5.11 Å². The van der Waals surface area contributed by atoms with Crippen LogP contribution in [0, 0.1) is 6.92 Å². The van der Waals surface area contributed by atoms with Crippen LogP contribution in [-0.4, -0.2) is 31.6 Å². The molecule has 136 valence electrons. The van der Waals surface area contributed by atoms with Crippen LogP contribution in [0.5, 0.6) is 0 Å². The Hall–Kier alpha value is -1.39. The zero-order valence-corrected chi connectivity index (χ0v) is 17.6. The van der Waals surface area contributed by atoms with Crippen LogP contribution in [0.15, 0.2) is 23.4 Å². The van der Waals surface area contributed by atoms with Crippen LogP contribution in [0.25, 0.3) is 10.1 Å². The summed E-state index contributed by atoms with van der Waals surface area (Å²) in [6, 6.07) is 5.30. The smallest absolute Gasteiger partial charge is 0.269 e. The van der Waals surface area contributed by atoms with Crippen LogP contribution in [0.1, 0.15) is 22.4 Å². The van der Waals surface area contributed by atoms with E-state index in [1.165, 1.54) is 23.1 Å². The van der Waals surface area contributed by atoms with Gasteiger partial charge in [0.25, 0.3) is 5.91 Å². The molecule has 0 radical (unpaired) electrons. The molecule has 0 saturated carbocycles. The molecule has 0 aliphatic carbocycles. The molecule has 0 fully saturated rings. The summed E-state index contributed by atoms with van der Waals surface area (Å²) in [7, 11) is 0. The number of carbonyl (C=O) groups excluding carboxylic acids is 1. The monoisotopic (exact) mass is 445 g/mol. The summed E-state index contributed by atoms with van der Waals surface area (Å²) in [5.74, 6) is 1.08. The third-order valence-electron chi connectivity index (χ3n) is 3.31. The summed E-state index contributed by atoms with van der Waals surface area (Å²) in [5.41, 5.74) is 2.92. The van der Waals surface area contributed by atoms with Gasteiger partial charge in [0.2, 0.25) is 5.16 Å². The van der Waals surface area contributed by atoms with Gasteiger partial charge in [0.05, 0.1) is 5.02 Å². The molecule has 0 unspecified atom stereocenters.